The lowest BCUT2D eigenvalue weighted by Gasteiger charge is -2.26. The molecular weight excluding hydrogens is 400 g/mol. The van der Waals surface area contributed by atoms with E-state index in [1.54, 1.807) is 0 Å². The third kappa shape index (κ3) is 4.39. The Hall–Kier alpha value is -2.95. The van der Waals surface area contributed by atoms with Crippen LogP contribution in [0.25, 0.3) is 0 Å². The number of aromatic hydroxyl groups is 1. The van der Waals surface area contributed by atoms with Gasteiger partial charge in [-0.25, -0.2) is 13.2 Å². The van der Waals surface area contributed by atoms with Crippen molar-refractivity contribution in [3.63, 3.8) is 0 Å². The van der Waals surface area contributed by atoms with Crippen LogP contribution in [-0.2, 0) is 19.5 Å². The van der Waals surface area contributed by atoms with E-state index in [9.17, 15) is 23.1 Å². The molecule has 10 heteroatoms. The fourth-order valence-corrected chi connectivity index (χ4v) is 4.30. The van der Waals surface area contributed by atoms with E-state index in [-0.39, 0.29) is 34.8 Å². The molecule has 1 fully saturated rings. The number of amides is 1. The predicted molar refractivity (Wildman–Crippen MR) is 103 cm³/mol. The number of hydrogen-bond acceptors (Lipinski definition) is 7. The Morgan fingerprint density at radius 1 is 1.14 bits per heavy atom. The van der Waals surface area contributed by atoms with Crippen LogP contribution in [0.4, 0.5) is 5.69 Å². The van der Waals surface area contributed by atoms with Gasteiger partial charge in [0.05, 0.1) is 30.9 Å². The molecule has 0 spiro atoms. The minimum atomic E-state index is -3.76. The van der Waals surface area contributed by atoms with Crippen molar-refractivity contribution < 1.29 is 32.6 Å². The molecule has 1 saturated heterocycles. The second-order valence-corrected chi connectivity index (χ2v) is 8.13. The van der Waals surface area contributed by atoms with E-state index in [0.717, 1.165) is 0 Å². The second-order valence-electron chi connectivity index (χ2n) is 6.19. The molecule has 29 heavy (non-hydrogen) atoms. The highest BCUT2D eigenvalue weighted by atomic mass is 32.2. The second kappa shape index (κ2) is 8.60. The van der Waals surface area contributed by atoms with Crippen LogP contribution in [0.5, 0.6) is 5.75 Å². The zero-order valence-electron chi connectivity index (χ0n) is 15.6. The van der Waals surface area contributed by atoms with E-state index < -0.39 is 27.6 Å². The van der Waals surface area contributed by atoms with Gasteiger partial charge in [0.2, 0.25) is 10.0 Å². The summed E-state index contributed by atoms with van der Waals surface area (Å²) < 4.78 is 36.6. The molecule has 2 aromatic rings. The molecule has 2 aromatic carbocycles. The molecule has 1 aliphatic heterocycles. The first-order chi connectivity index (χ1) is 13.8. The average molecular weight is 420 g/mol. The fourth-order valence-electron chi connectivity index (χ4n) is 2.85. The Labute approximate surface area is 167 Å². The van der Waals surface area contributed by atoms with Crippen molar-refractivity contribution in [3.8, 4) is 5.75 Å². The normalized spacial score (nSPS) is 14.9. The number of nitrogens with zero attached hydrogens (tertiary/aromatic N) is 1. The molecule has 1 aliphatic rings. The standard InChI is InChI=1S/C19H20N2O7S/c1-27-19(24)15-6-3-7-16(17(15)22)20-18(23)13-4-2-5-14(12-13)29(25,26)21-8-10-28-11-9-21/h2-7,12,22H,8-11H2,1H3,(H,20,23). The van der Waals surface area contributed by atoms with Crippen LogP contribution in [0.3, 0.4) is 0 Å². The molecule has 9 nitrogen and oxygen atoms in total. The number of hydrogen-bond donors (Lipinski definition) is 2. The predicted octanol–water partition coefficient (Wildman–Crippen LogP) is 1.45. The molecular formula is C19H20N2O7S. The Bertz CT molecular complexity index is 1030. The minimum Gasteiger partial charge on any atom is -0.505 e. The number of rotatable bonds is 5. The van der Waals surface area contributed by atoms with E-state index in [0.29, 0.717) is 13.2 Å². The summed E-state index contributed by atoms with van der Waals surface area (Å²) in [7, 11) is -2.58. The lowest BCUT2D eigenvalue weighted by atomic mass is 10.1. The van der Waals surface area contributed by atoms with Crippen LogP contribution in [0, 0.1) is 0 Å². The highest BCUT2D eigenvalue weighted by Crippen LogP contribution is 2.28. The van der Waals surface area contributed by atoms with Crippen molar-refractivity contribution in [1.29, 1.82) is 0 Å². The summed E-state index contributed by atoms with van der Waals surface area (Å²) in [5.74, 6) is -1.83. The van der Waals surface area contributed by atoms with Crippen LogP contribution < -0.4 is 5.32 Å². The Balaban J connectivity index is 1.84. The molecule has 0 aliphatic carbocycles. The molecule has 1 heterocycles. The number of anilines is 1. The molecule has 0 atom stereocenters. The smallest absolute Gasteiger partial charge is 0.341 e. The number of carbonyl (C=O) groups is 2. The number of para-hydroxylation sites is 1. The fraction of sp³-hybridized carbons (Fsp3) is 0.263. The van der Waals surface area contributed by atoms with Gasteiger partial charge in [0.1, 0.15) is 5.56 Å². The topological polar surface area (TPSA) is 122 Å². The van der Waals surface area contributed by atoms with Gasteiger partial charge >= 0.3 is 5.97 Å². The first-order valence-electron chi connectivity index (χ1n) is 8.74. The molecule has 1 amide bonds. The quantitative estimate of drug-likeness (QED) is 0.554. The highest BCUT2D eigenvalue weighted by Gasteiger charge is 2.27. The molecule has 2 N–H and O–H groups in total. The first kappa shape index (κ1) is 20.8. The van der Waals surface area contributed by atoms with Crippen LogP contribution in [0.2, 0.25) is 0 Å². The van der Waals surface area contributed by atoms with Gasteiger partial charge in [-0.05, 0) is 30.3 Å². The number of carbonyl (C=O) groups excluding carboxylic acids is 2. The number of sulfonamides is 1. The molecule has 0 radical (unpaired) electrons. The van der Waals surface area contributed by atoms with Crippen molar-refractivity contribution in [3.05, 3.63) is 53.6 Å². The van der Waals surface area contributed by atoms with Crippen LogP contribution in [0.1, 0.15) is 20.7 Å². The van der Waals surface area contributed by atoms with E-state index in [2.05, 4.69) is 10.1 Å². The van der Waals surface area contributed by atoms with Gasteiger partial charge in [-0.2, -0.15) is 4.31 Å². The molecule has 0 aromatic heterocycles. The molecule has 3 rings (SSSR count). The van der Waals surface area contributed by atoms with Gasteiger partial charge in [-0.1, -0.05) is 12.1 Å². The number of nitrogens with one attached hydrogen (secondary N) is 1. The number of methoxy groups -OCH3 is 1. The number of ether oxygens (including phenoxy) is 2. The van der Waals surface area contributed by atoms with Crippen molar-refractivity contribution >= 4 is 27.6 Å². The summed E-state index contributed by atoms with van der Waals surface area (Å²) in [5.41, 5.74) is -0.0181. The van der Waals surface area contributed by atoms with Crippen LogP contribution >= 0.6 is 0 Å². The maximum Gasteiger partial charge on any atom is 0.341 e. The summed E-state index contributed by atoms with van der Waals surface area (Å²) in [4.78, 5) is 24.3. The van der Waals surface area contributed by atoms with Crippen molar-refractivity contribution in [2.75, 3.05) is 38.7 Å². The van der Waals surface area contributed by atoms with Gasteiger partial charge in [-0.15, -0.1) is 0 Å². The number of phenolic OH excluding ortho intramolecular Hbond substituents is 1. The maximum absolute atomic E-state index is 12.8. The molecule has 0 saturated carbocycles. The zero-order valence-corrected chi connectivity index (χ0v) is 16.4. The minimum absolute atomic E-state index is 0.000612. The average Bonchev–Trinajstić information content (AvgIpc) is 2.75. The van der Waals surface area contributed by atoms with Gasteiger partial charge < -0.3 is 19.9 Å². The summed E-state index contributed by atoms with van der Waals surface area (Å²) in [5, 5.41) is 12.7. The van der Waals surface area contributed by atoms with Crippen molar-refractivity contribution in [2.24, 2.45) is 0 Å². The van der Waals surface area contributed by atoms with E-state index in [1.165, 1.54) is 53.9 Å². The zero-order chi connectivity index (χ0) is 21.0. The Morgan fingerprint density at radius 2 is 1.83 bits per heavy atom. The van der Waals surface area contributed by atoms with Crippen molar-refractivity contribution in [1.82, 2.24) is 4.31 Å². The van der Waals surface area contributed by atoms with E-state index >= 15 is 0 Å². The SMILES string of the molecule is COC(=O)c1cccc(NC(=O)c2cccc(S(=O)(=O)N3CCOCC3)c2)c1O. The van der Waals surface area contributed by atoms with Crippen LogP contribution in [0.15, 0.2) is 47.4 Å². The lowest BCUT2D eigenvalue weighted by molar-refractivity contribution is 0.0597. The monoisotopic (exact) mass is 420 g/mol. The number of phenols is 1. The van der Waals surface area contributed by atoms with Gasteiger partial charge in [-0.3, -0.25) is 4.79 Å². The Kier molecular flexibility index (Phi) is 6.16. The van der Waals surface area contributed by atoms with Gasteiger partial charge in [0, 0.05) is 18.7 Å². The lowest BCUT2D eigenvalue weighted by Crippen LogP contribution is -2.40. The van der Waals surface area contributed by atoms with Crippen LogP contribution in [-0.4, -0.2) is 63.1 Å². The van der Waals surface area contributed by atoms with Gasteiger partial charge in [0.25, 0.3) is 5.91 Å². The third-order valence-corrected chi connectivity index (χ3v) is 6.29. The molecule has 0 unspecified atom stereocenters. The molecule has 0 bridgehead atoms. The van der Waals surface area contributed by atoms with E-state index in [4.69, 9.17) is 4.74 Å². The number of morpholine rings is 1. The number of benzene rings is 2. The summed E-state index contributed by atoms with van der Waals surface area (Å²) in [6.45, 7) is 1.12. The summed E-state index contributed by atoms with van der Waals surface area (Å²) in [6.07, 6.45) is 0. The van der Waals surface area contributed by atoms with Crippen molar-refractivity contribution in [2.45, 2.75) is 4.90 Å². The summed E-state index contributed by atoms with van der Waals surface area (Å²) in [6, 6.07) is 9.83. The maximum atomic E-state index is 12.8. The third-order valence-electron chi connectivity index (χ3n) is 4.39. The first-order valence-corrected chi connectivity index (χ1v) is 10.2. The Morgan fingerprint density at radius 3 is 2.52 bits per heavy atom. The van der Waals surface area contributed by atoms with Gasteiger partial charge in [0.15, 0.2) is 5.75 Å². The highest BCUT2D eigenvalue weighted by molar-refractivity contribution is 7.89. The van der Waals surface area contributed by atoms with E-state index in [1.807, 2.05) is 0 Å². The molecule has 154 valence electrons. The summed E-state index contributed by atoms with van der Waals surface area (Å²) >= 11 is 0. The largest absolute Gasteiger partial charge is 0.505 e. The number of esters is 1.